The standard InChI is InChI=1S/C21H19Cl2NO2/c1-21(2,3)20(25)16(12-24)10-14-4-8-18(9-5-14)26-13-15-6-7-17(22)11-19(15)23/h4-11H,13H2,1-3H3/b16-10-. The minimum absolute atomic E-state index is 0.138. The molecule has 0 atom stereocenters. The zero-order valence-corrected chi connectivity index (χ0v) is 16.4. The normalized spacial score (nSPS) is 11.8. The summed E-state index contributed by atoms with van der Waals surface area (Å²) in [6.45, 7) is 5.69. The van der Waals surface area contributed by atoms with Gasteiger partial charge in [0, 0.05) is 21.0 Å². The van der Waals surface area contributed by atoms with Gasteiger partial charge in [-0.25, -0.2) is 0 Å². The van der Waals surface area contributed by atoms with E-state index in [1.54, 1.807) is 63.2 Å². The maximum Gasteiger partial charge on any atom is 0.178 e. The largest absolute Gasteiger partial charge is 0.489 e. The van der Waals surface area contributed by atoms with Gasteiger partial charge < -0.3 is 4.74 Å². The smallest absolute Gasteiger partial charge is 0.178 e. The van der Waals surface area contributed by atoms with Crippen LogP contribution in [0.15, 0.2) is 48.0 Å². The molecule has 0 amide bonds. The molecule has 0 aromatic heterocycles. The summed E-state index contributed by atoms with van der Waals surface area (Å²) in [5.74, 6) is 0.478. The van der Waals surface area contributed by atoms with Gasteiger partial charge in [-0.05, 0) is 35.9 Å². The van der Waals surface area contributed by atoms with Crippen molar-refractivity contribution in [3.63, 3.8) is 0 Å². The number of halogens is 2. The second kappa shape index (κ2) is 8.40. The topological polar surface area (TPSA) is 50.1 Å². The van der Waals surface area contributed by atoms with E-state index in [-0.39, 0.29) is 11.4 Å². The second-order valence-corrected chi connectivity index (χ2v) is 7.69. The summed E-state index contributed by atoms with van der Waals surface area (Å²) in [7, 11) is 0. The Balaban J connectivity index is 2.09. The summed E-state index contributed by atoms with van der Waals surface area (Å²) in [6.07, 6.45) is 1.59. The zero-order valence-electron chi connectivity index (χ0n) is 14.8. The van der Waals surface area contributed by atoms with Gasteiger partial charge in [0.15, 0.2) is 5.78 Å². The number of Topliss-reactive ketones (excluding diaryl/α,β-unsaturated/α-hetero) is 1. The van der Waals surface area contributed by atoms with Crippen LogP contribution in [0, 0.1) is 16.7 Å². The number of allylic oxidation sites excluding steroid dienone is 1. The predicted octanol–water partition coefficient (Wildman–Crippen LogP) is 6.09. The fourth-order valence-corrected chi connectivity index (χ4v) is 2.64. The van der Waals surface area contributed by atoms with Crippen molar-refractivity contribution in [2.45, 2.75) is 27.4 Å². The van der Waals surface area contributed by atoms with Gasteiger partial charge in [0.2, 0.25) is 0 Å². The molecule has 0 aliphatic heterocycles. The van der Waals surface area contributed by atoms with E-state index in [0.717, 1.165) is 11.1 Å². The molecule has 2 rings (SSSR count). The number of ketones is 1. The number of benzene rings is 2. The Labute approximate surface area is 163 Å². The number of rotatable bonds is 5. The number of hydrogen-bond acceptors (Lipinski definition) is 3. The third kappa shape index (κ3) is 5.36. The molecule has 0 aliphatic carbocycles. The van der Waals surface area contributed by atoms with E-state index in [4.69, 9.17) is 27.9 Å². The molecule has 0 aliphatic rings. The molecule has 0 radical (unpaired) electrons. The minimum Gasteiger partial charge on any atom is -0.489 e. The number of ether oxygens (including phenoxy) is 1. The summed E-state index contributed by atoms with van der Waals surface area (Å²) in [5, 5.41) is 10.4. The molecule has 0 saturated carbocycles. The second-order valence-electron chi connectivity index (χ2n) is 6.84. The summed E-state index contributed by atoms with van der Waals surface area (Å²) >= 11 is 12.0. The van der Waals surface area contributed by atoms with Crippen LogP contribution in [0.25, 0.3) is 6.08 Å². The lowest BCUT2D eigenvalue weighted by molar-refractivity contribution is -0.121. The highest BCUT2D eigenvalue weighted by atomic mass is 35.5. The van der Waals surface area contributed by atoms with Crippen molar-refractivity contribution in [2.75, 3.05) is 0 Å². The van der Waals surface area contributed by atoms with Crippen LogP contribution in [0.3, 0.4) is 0 Å². The molecule has 26 heavy (non-hydrogen) atoms. The van der Waals surface area contributed by atoms with Gasteiger partial charge in [-0.3, -0.25) is 4.79 Å². The maximum atomic E-state index is 12.2. The molecule has 0 N–H and O–H groups in total. The molecule has 0 bridgehead atoms. The van der Waals surface area contributed by atoms with Crippen LogP contribution < -0.4 is 4.74 Å². The number of nitrogens with zero attached hydrogens (tertiary/aromatic N) is 1. The van der Waals surface area contributed by atoms with E-state index in [0.29, 0.717) is 22.4 Å². The number of carbonyl (C=O) groups excluding carboxylic acids is 1. The highest BCUT2D eigenvalue weighted by molar-refractivity contribution is 6.35. The average Bonchev–Trinajstić information content (AvgIpc) is 2.58. The minimum atomic E-state index is -0.595. The summed E-state index contributed by atoms with van der Waals surface area (Å²) in [6, 6.07) is 14.4. The number of carbonyl (C=O) groups is 1. The third-order valence-corrected chi connectivity index (χ3v) is 4.23. The summed E-state index contributed by atoms with van der Waals surface area (Å²) in [5.41, 5.74) is 1.14. The molecule has 2 aromatic rings. The van der Waals surface area contributed by atoms with E-state index < -0.39 is 5.41 Å². The van der Waals surface area contributed by atoms with Crippen molar-refractivity contribution in [1.29, 1.82) is 5.26 Å². The van der Waals surface area contributed by atoms with Crippen molar-refractivity contribution in [3.05, 3.63) is 69.2 Å². The fraction of sp³-hybridized carbons (Fsp3) is 0.238. The van der Waals surface area contributed by atoms with Gasteiger partial charge in [0.1, 0.15) is 18.4 Å². The van der Waals surface area contributed by atoms with Crippen molar-refractivity contribution in [2.24, 2.45) is 5.41 Å². The molecule has 0 saturated heterocycles. The van der Waals surface area contributed by atoms with Crippen LogP contribution in [0.1, 0.15) is 31.9 Å². The predicted molar refractivity (Wildman–Crippen MR) is 105 cm³/mol. The lowest BCUT2D eigenvalue weighted by Gasteiger charge is -2.15. The first kappa shape index (κ1) is 20.0. The summed E-state index contributed by atoms with van der Waals surface area (Å²) < 4.78 is 5.72. The molecule has 0 spiro atoms. The molecular weight excluding hydrogens is 369 g/mol. The summed E-state index contributed by atoms with van der Waals surface area (Å²) in [4.78, 5) is 12.2. The first-order valence-electron chi connectivity index (χ1n) is 8.04. The van der Waals surface area contributed by atoms with Crippen LogP contribution in [0.5, 0.6) is 5.75 Å². The lowest BCUT2D eigenvalue weighted by Crippen LogP contribution is -2.21. The monoisotopic (exact) mass is 387 g/mol. The lowest BCUT2D eigenvalue weighted by atomic mass is 9.86. The van der Waals surface area contributed by atoms with Crippen LogP contribution in [-0.4, -0.2) is 5.78 Å². The molecular formula is C21H19Cl2NO2. The Morgan fingerprint density at radius 2 is 1.81 bits per heavy atom. The maximum absolute atomic E-state index is 12.2. The van der Waals surface area contributed by atoms with Gasteiger partial charge in [-0.15, -0.1) is 0 Å². The quantitative estimate of drug-likeness (QED) is 0.460. The van der Waals surface area contributed by atoms with Gasteiger partial charge in [-0.1, -0.05) is 62.2 Å². The molecule has 134 valence electrons. The van der Waals surface area contributed by atoms with E-state index >= 15 is 0 Å². The van der Waals surface area contributed by atoms with E-state index in [9.17, 15) is 10.1 Å². The molecule has 0 unspecified atom stereocenters. The Morgan fingerprint density at radius 1 is 1.15 bits per heavy atom. The highest BCUT2D eigenvalue weighted by Crippen LogP contribution is 2.24. The average molecular weight is 388 g/mol. The van der Waals surface area contributed by atoms with Crippen molar-refractivity contribution >= 4 is 35.1 Å². The zero-order chi connectivity index (χ0) is 19.3. The fourth-order valence-electron chi connectivity index (χ4n) is 2.18. The van der Waals surface area contributed by atoms with Crippen LogP contribution in [-0.2, 0) is 11.4 Å². The first-order valence-corrected chi connectivity index (χ1v) is 8.79. The Bertz CT molecular complexity index is 872. The van der Waals surface area contributed by atoms with Crippen molar-refractivity contribution < 1.29 is 9.53 Å². The van der Waals surface area contributed by atoms with Gasteiger partial charge in [0.05, 0.1) is 5.57 Å². The van der Waals surface area contributed by atoms with Gasteiger partial charge >= 0.3 is 0 Å². The Hall–Kier alpha value is -2.28. The van der Waals surface area contributed by atoms with Gasteiger partial charge in [-0.2, -0.15) is 5.26 Å². The number of hydrogen-bond donors (Lipinski definition) is 0. The van der Waals surface area contributed by atoms with Crippen molar-refractivity contribution in [1.82, 2.24) is 0 Å². The van der Waals surface area contributed by atoms with Gasteiger partial charge in [0.25, 0.3) is 0 Å². The SMILES string of the molecule is CC(C)(C)C(=O)/C(C#N)=C\c1ccc(OCc2ccc(Cl)cc2Cl)cc1. The van der Waals surface area contributed by atoms with Crippen LogP contribution in [0.4, 0.5) is 0 Å². The molecule has 2 aromatic carbocycles. The molecule has 0 fully saturated rings. The molecule has 0 heterocycles. The van der Waals surface area contributed by atoms with Crippen LogP contribution >= 0.6 is 23.2 Å². The Kier molecular flexibility index (Phi) is 6.47. The highest BCUT2D eigenvalue weighted by Gasteiger charge is 2.24. The van der Waals surface area contributed by atoms with E-state index in [1.807, 2.05) is 12.1 Å². The van der Waals surface area contributed by atoms with Crippen LogP contribution in [0.2, 0.25) is 10.0 Å². The van der Waals surface area contributed by atoms with Crippen molar-refractivity contribution in [3.8, 4) is 11.8 Å². The molecule has 5 heteroatoms. The van der Waals surface area contributed by atoms with E-state index in [1.165, 1.54) is 0 Å². The van der Waals surface area contributed by atoms with E-state index in [2.05, 4.69) is 0 Å². The molecule has 3 nitrogen and oxygen atoms in total. The third-order valence-electron chi connectivity index (χ3n) is 3.65. The first-order chi connectivity index (χ1) is 12.2. The Morgan fingerprint density at radius 3 is 2.35 bits per heavy atom. The number of nitriles is 1.